The van der Waals surface area contributed by atoms with Crippen LogP contribution < -0.4 is 5.32 Å². The fourth-order valence-corrected chi connectivity index (χ4v) is 5.49. The molecule has 34 heavy (non-hydrogen) atoms. The van der Waals surface area contributed by atoms with E-state index in [2.05, 4.69) is 15.5 Å². The van der Waals surface area contributed by atoms with Crippen molar-refractivity contribution in [1.82, 2.24) is 10.2 Å². The molecule has 0 spiro atoms. The number of quaternary nitrogens is 1. The molecule has 4 rings (SSSR count). The van der Waals surface area contributed by atoms with Crippen LogP contribution in [-0.2, 0) is 19.9 Å². The molecule has 1 aromatic heterocycles. The quantitative estimate of drug-likeness (QED) is 0.479. The number of likely N-dealkylation sites (tertiary alicyclic amines) is 1. The highest BCUT2D eigenvalue weighted by Crippen LogP contribution is 2.41. The summed E-state index contributed by atoms with van der Waals surface area (Å²) >= 11 is 0. The summed E-state index contributed by atoms with van der Waals surface area (Å²) in [6, 6.07) is 12.6. The fraction of sp³-hybridized carbons (Fsp3) is 0.538. The number of carbonyl (C=O) groups is 2. The van der Waals surface area contributed by atoms with Crippen LogP contribution in [0.15, 0.2) is 48.7 Å². The predicted octanol–water partition coefficient (Wildman–Crippen LogP) is 3.04. The Morgan fingerprint density at radius 3 is 2.56 bits per heavy atom. The summed E-state index contributed by atoms with van der Waals surface area (Å²) in [5, 5.41) is 22.3. The Hall–Kier alpha value is -2.84. The van der Waals surface area contributed by atoms with E-state index in [9.17, 15) is 14.7 Å². The van der Waals surface area contributed by atoms with Gasteiger partial charge in [0.05, 0.1) is 13.6 Å². The van der Waals surface area contributed by atoms with Crippen LogP contribution in [-0.4, -0.2) is 64.4 Å². The molecule has 3 atom stereocenters. The SMILES string of the molecule is C[N+]1(CC(=O)Nc2cccnn2)CCCC(OC(=O)C(O)(c2ccccc2)C2CCCCC2)C1. The third kappa shape index (κ3) is 5.62. The predicted molar refractivity (Wildman–Crippen MR) is 127 cm³/mol. The van der Waals surface area contributed by atoms with Gasteiger partial charge in [-0.3, -0.25) is 4.79 Å². The Morgan fingerprint density at radius 2 is 1.85 bits per heavy atom. The van der Waals surface area contributed by atoms with E-state index in [-0.39, 0.29) is 24.5 Å². The van der Waals surface area contributed by atoms with Gasteiger partial charge in [0, 0.05) is 18.5 Å². The molecular weight excluding hydrogens is 432 g/mol. The molecule has 2 fully saturated rings. The highest BCUT2D eigenvalue weighted by Gasteiger charge is 2.48. The maximum atomic E-state index is 13.5. The summed E-state index contributed by atoms with van der Waals surface area (Å²) < 4.78 is 6.46. The van der Waals surface area contributed by atoms with Gasteiger partial charge in [0.2, 0.25) is 0 Å². The number of rotatable bonds is 7. The molecule has 1 saturated heterocycles. The van der Waals surface area contributed by atoms with Crippen molar-refractivity contribution in [2.75, 3.05) is 32.0 Å². The number of nitrogens with one attached hydrogen (secondary N) is 1. The van der Waals surface area contributed by atoms with E-state index in [4.69, 9.17) is 4.74 Å². The molecule has 2 N–H and O–H groups in total. The lowest BCUT2D eigenvalue weighted by molar-refractivity contribution is -0.909. The normalized spacial score (nSPS) is 25.2. The molecule has 3 unspecified atom stereocenters. The number of benzene rings is 1. The molecule has 2 aliphatic rings. The van der Waals surface area contributed by atoms with Crippen molar-refractivity contribution in [3.05, 3.63) is 54.2 Å². The number of ether oxygens (including phenoxy) is 1. The third-order valence-electron chi connectivity index (χ3n) is 7.23. The number of amides is 1. The van der Waals surface area contributed by atoms with Crippen LogP contribution in [0.3, 0.4) is 0 Å². The second-order valence-corrected chi connectivity index (χ2v) is 9.98. The van der Waals surface area contributed by atoms with Crippen LogP contribution in [0.25, 0.3) is 0 Å². The number of carbonyl (C=O) groups excluding carboxylic acids is 2. The molecule has 8 heteroatoms. The highest BCUT2D eigenvalue weighted by molar-refractivity contribution is 5.90. The van der Waals surface area contributed by atoms with Crippen molar-refractivity contribution >= 4 is 17.7 Å². The number of hydrogen-bond acceptors (Lipinski definition) is 6. The number of aliphatic hydroxyl groups is 1. The summed E-state index contributed by atoms with van der Waals surface area (Å²) in [5.74, 6) is -0.455. The van der Waals surface area contributed by atoms with Gasteiger partial charge < -0.3 is 19.6 Å². The second kappa shape index (κ2) is 10.6. The van der Waals surface area contributed by atoms with E-state index in [1.807, 2.05) is 37.4 Å². The van der Waals surface area contributed by atoms with Crippen LogP contribution in [0.5, 0.6) is 0 Å². The first-order valence-electron chi connectivity index (χ1n) is 12.3. The molecule has 2 heterocycles. The lowest BCUT2D eigenvalue weighted by Crippen LogP contribution is -2.57. The molecule has 0 radical (unpaired) electrons. The molecule has 182 valence electrons. The van der Waals surface area contributed by atoms with Crippen molar-refractivity contribution in [2.24, 2.45) is 5.92 Å². The molecule has 0 bridgehead atoms. The van der Waals surface area contributed by atoms with E-state index in [0.29, 0.717) is 22.4 Å². The first-order chi connectivity index (χ1) is 16.4. The topological polar surface area (TPSA) is 101 Å². The van der Waals surface area contributed by atoms with Crippen LogP contribution in [0, 0.1) is 5.92 Å². The van der Waals surface area contributed by atoms with Crippen molar-refractivity contribution in [3.8, 4) is 0 Å². The average molecular weight is 468 g/mol. The summed E-state index contributed by atoms with van der Waals surface area (Å²) in [5.41, 5.74) is -1.05. The zero-order valence-corrected chi connectivity index (χ0v) is 19.9. The number of hydrogen-bond donors (Lipinski definition) is 2. The van der Waals surface area contributed by atoms with Crippen LogP contribution in [0.4, 0.5) is 5.82 Å². The second-order valence-electron chi connectivity index (χ2n) is 9.98. The molecule has 2 aromatic rings. The summed E-state index contributed by atoms with van der Waals surface area (Å²) in [7, 11) is 2.00. The minimum atomic E-state index is -1.65. The van der Waals surface area contributed by atoms with E-state index < -0.39 is 11.6 Å². The van der Waals surface area contributed by atoms with Crippen molar-refractivity contribution in [3.63, 3.8) is 0 Å². The molecule has 1 saturated carbocycles. The molecule has 1 aliphatic carbocycles. The van der Waals surface area contributed by atoms with Gasteiger partial charge in [0.15, 0.2) is 24.1 Å². The minimum Gasteiger partial charge on any atom is -0.454 e. The summed E-state index contributed by atoms with van der Waals surface area (Å²) in [6.45, 7) is 1.58. The number of aromatic nitrogens is 2. The number of likely N-dealkylation sites (N-methyl/N-ethyl adjacent to an activating group) is 1. The first kappa shape index (κ1) is 24.3. The molecular formula is C26H35N4O4+. The Labute approximate surface area is 200 Å². The van der Waals surface area contributed by atoms with Gasteiger partial charge in [0.25, 0.3) is 5.91 Å². The van der Waals surface area contributed by atoms with Gasteiger partial charge in [-0.15, -0.1) is 5.10 Å². The minimum absolute atomic E-state index is 0.154. The number of piperidine rings is 1. The van der Waals surface area contributed by atoms with Gasteiger partial charge in [-0.1, -0.05) is 49.6 Å². The lowest BCUT2D eigenvalue weighted by Gasteiger charge is -2.42. The zero-order valence-electron chi connectivity index (χ0n) is 19.9. The van der Waals surface area contributed by atoms with Crippen molar-refractivity contribution < 1.29 is 23.9 Å². The fourth-order valence-electron chi connectivity index (χ4n) is 5.49. The van der Waals surface area contributed by atoms with Gasteiger partial charge in [-0.05, 0) is 37.0 Å². The summed E-state index contributed by atoms with van der Waals surface area (Å²) in [6.07, 6.45) is 7.51. The van der Waals surface area contributed by atoms with Crippen LogP contribution >= 0.6 is 0 Å². The standard InChI is InChI=1S/C26H34N4O4/c1-30(19-24(31)28-23-15-8-16-27-29-23)17-9-14-22(18-30)34-25(32)26(33,20-10-4-2-5-11-20)21-12-6-3-7-13-21/h2,4-5,8,10-11,15-16,21-22,33H,3,6-7,9,12-14,17-19H2,1H3/p+1. The number of nitrogens with zero attached hydrogens (tertiary/aromatic N) is 3. The van der Waals surface area contributed by atoms with E-state index in [1.54, 1.807) is 18.3 Å². The third-order valence-corrected chi connectivity index (χ3v) is 7.23. The van der Waals surface area contributed by atoms with E-state index in [1.165, 1.54) is 0 Å². The largest absolute Gasteiger partial charge is 0.454 e. The maximum absolute atomic E-state index is 13.5. The number of anilines is 1. The average Bonchev–Trinajstić information content (AvgIpc) is 2.85. The monoisotopic (exact) mass is 467 g/mol. The first-order valence-corrected chi connectivity index (χ1v) is 12.3. The zero-order chi connectivity index (χ0) is 24.0. The Balaban J connectivity index is 1.44. The Kier molecular flexibility index (Phi) is 7.58. The maximum Gasteiger partial charge on any atom is 0.343 e. The molecule has 8 nitrogen and oxygen atoms in total. The highest BCUT2D eigenvalue weighted by atomic mass is 16.6. The van der Waals surface area contributed by atoms with Crippen molar-refractivity contribution in [2.45, 2.75) is 56.7 Å². The van der Waals surface area contributed by atoms with Gasteiger partial charge >= 0.3 is 5.97 Å². The molecule has 1 aromatic carbocycles. The van der Waals surface area contributed by atoms with Crippen LogP contribution in [0.1, 0.15) is 50.5 Å². The summed E-state index contributed by atoms with van der Waals surface area (Å²) in [4.78, 5) is 26.2. The number of esters is 1. The van der Waals surface area contributed by atoms with Crippen LogP contribution in [0.2, 0.25) is 0 Å². The van der Waals surface area contributed by atoms with Gasteiger partial charge in [0.1, 0.15) is 6.54 Å². The van der Waals surface area contributed by atoms with E-state index >= 15 is 0 Å². The van der Waals surface area contributed by atoms with Gasteiger partial charge in [-0.2, -0.15) is 5.10 Å². The van der Waals surface area contributed by atoms with Gasteiger partial charge in [-0.25, -0.2) is 4.79 Å². The Morgan fingerprint density at radius 1 is 1.09 bits per heavy atom. The lowest BCUT2D eigenvalue weighted by atomic mass is 9.73. The van der Waals surface area contributed by atoms with Crippen molar-refractivity contribution in [1.29, 1.82) is 0 Å². The Bertz CT molecular complexity index is 967. The smallest absolute Gasteiger partial charge is 0.343 e. The molecule has 1 amide bonds. The molecule has 1 aliphatic heterocycles. The van der Waals surface area contributed by atoms with E-state index in [0.717, 1.165) is 51.5 Å².